The third-order valence-corrected chi connectivity index (χ3v) is 3.65. The second-order valence-corrected chi connectivity index (χ2v) is 5.42. The number of aliphatic carboxylic acids is 1. The number of carboxylic acids is 1. The van der Waals surface area contributed by atoms with E-state index < -0.39 is 11.4 Å². The van der Waals surface area contributed by atoms with Crippen LogP contribution in [0.5, 0.6) is 0 Å². The first-order chi connectivity index (χ1) is 9.08. The zero-order valence-electron chi connectivity index (χ0n) is 11.6. The average molecular weight is 264 g/mol. The van der Waals surface area contributed by atoms with E-state index in [1.165, 1.54) is 5.56 Å². The fraction of sp³-hybridized carbons (Fsp3) is 0.562. The topological polar surface area (TPSA) is 57.5 Å². The highest BCUT2D eigenvalue weighted by molar-refractivity contribution is 5.74. The van der Waals surface area contributed by atoms with E-state index in [0.717, 1.165) is 32.1 Å². The smallest absolute Gasteiger partial charge is 0.311 e. The van der Waals surface area contributed by atoms with Gasteiger partial charge in [0.25, 0.3) is 0 Å². The van der Waals surface area contributed by atoms with Crippen LogP contribution in [0.25, 0.3) is 0 Å². The van der Waals surface area contributed by atoms with Gasteiger partial charge in [0.05, 0.1) is 12.0 Å². The molecule has 0 saturated heterocycles. The Kier molecular flexibility index (Phi) is 6.57. The molecule has 0 aliphatic carbocycles. The summed E-state index contributed by atoms with van der Waals surface area (Å²) in [4.78, 5) is 11.0. The number of aliphatic hydroxyl groups excluding tert-OH is 1. The van der Waals surface area contributed by atoms with E-state index in [-0.39, 0.29) is 6.61 Å². The van der Waals surface area contributed by atoms with Crippen LogP contribution in [0.4, 0.5) is 0 Å². The maximum absolute atomic E-state index is 11.0. The van der Waals surface area contributed by atoms with E-state index in [2.05, 4.69) is 24.3 Å². The van der Waals surface area contributed by atoms with Crippen LogP contribution in [0.15, 0.2) is 30.3 Å². The molecule has 0 saturated carbocycles. The normalized spacial score (nSPS) is 14.0. The van der Waals surface area contributed by atoms with Crippen molar-refractivity contribution in [3.05, 3.63) is 35.9 Å². The highest BCUT2D eigenvalue weighted by Crippen LogP contribution is 2.24. The number of hydrogen-bond acceptors (Lipinski definition) is 2. The van der Waals surface area contributed by atoms with Gasteiger partial charge in [-0.25, -0.2) is 0 Å². The van der Waals surface area contributed by atoms with Crippen LogP contribution in [0, 0.1) is 5.41 Å². The van der Waals surface area contributed by atoms with Gasteiger partial charge in [0.15, 0.2) is 0 Å². The van der Waals surface area contributed by atoms with E-state index in [1.54, 1.807) is 6.92 Å². The Morgan fingerprint density at radius 3 is 2.32 bits per heavy atom. The summed E-state index contributed by atoms with van der Waals surface area (Å²) < 4.78 is 0. The Hall–Kier alpha value is -1.35. The van der Waals surface area contributed by atoms with Crippen molar-refractivity contribution in [3.8, 4) is 0 Å². The van der Waals surface area contributed by atoms with Crippen LogP contribution in [0.2, 0.25) is 0 Å². The molecule has 0 unspecified atom stereocenters. The lowest BCUT2D eigenvalue weighted by atomic mass is 9.85. The third kappa shape index (κ3) is 5.43. The lowest BCUT2D eigenvalue weighted by Gasteiger charge is -2.21. The Bertz CT molecular complexity index is 375. The summed E-state index contributed by atoms with van der Waals surface area (Å²) >= 11 is 0. The van der Waals surface area contributed by atoms with Crippen LogP contribution in [0.3, 0.4) is 0 Å². The van der Waals surface area contributed by atoms with Crippen LogP contribution < -0.4 is 0 Å². The predicted octanol–water partition coefficient (Wildman–Crippen LogP) is 3.26. The standard InChI is InChI=1S/C16H24O3/c1-16(13-17,15(18)19)12-8-3-2-5-9-14-10-6-4-7-11-14/h4,6-7,10-11,17H,2-3,5,8-9,12-13H2,1H3,(H,18,19)/t16-/m0/s1. The SMILES string of the molecule is C[C@@](CO)(CCCCCCc1ccccc1)C(=O)O. The second-order valence-electron chi connectivity index (χ2n) is 5.42. The first-order valence-corrected chi connectivity index (χ1v) is 6.97. The largest absolute Gasteiger partial charge is 0.481 e. The zero-order valence-corrected chi connectivity index (χ0v) is 11.6. The lowest BCUT2D eigenvalue weighted by molar-refractivity contribution is -0.150. The number of carbonyl (C=O) groups is 1. The molecule has 0 heterocycles. The molecule has 0 bridgehead atoms. The summed E-state index contributed by atoms with van der Waals surface area (Å²) in [5, 5.41) is 18.2. The number of unbranched alkanes of at least 4 members (excludes halogenated alkanes) is 3. The van der Waals surface area contributed by atoms with Crippen molar-refractivity contribution in [1.29, 1.82) is 0 Å². The number of carboxylic acid groups (broad SMARTS) is 1. The van der Waals surface area contributed by atoms with Crippen molar-refractivity contribution >= 4 is 5.97 Å². The van der Waals surface area contributed by atoms with Gasteiger partial charge < -0.3 is 10.2 Å². The Labute approximate surface area is 115 Å². The van der Waals surface area contributed by atoms with E-state index in [4.69, 9.17) is 10.2 Å². The summed E-state index contributed by atoms with van der Waals surface area (Å²) in [5.41, 5.74) is 0.382. The minimum absolute atomic E-state index is 0.285. The molecular formula is C16H24O3. The maximum atomic E-state index is 11.0. The fourth-order valence-corrected chi connectivity index (χ4v) is 2.10. The minimum Gasteiger partial charge on any atom is -0.481 e. The summed E-state index contributed by atoms with van der Waals surface area (Å²) in [6.45, 7) is 1.33. The van der Waals surface area contributed by atoms with Crippen molar-refractivity contribution in [2.24, 2.45) is 5.41 Å². The van der Waals surface area contributed by atoms with E-state index in [1.807, 2.05) is 6.07 Å². The maximum Gasteiger partial charge on any atom is 0.311 e. The minimum atomic E-state index is -0.973. The summed E-state index contributed by atoms with van der Waals surface area (Å²) in [6, 6.07) is 10.4. The van der Waals surface area contributed by atoms with Gasteiger partial charge in [0.1, 0.15) is 0 Å². The number of hydrogen-bond donors (Lipinski definition) is 2. The van der Waals surface area contributed by atoms with Crippen molar-refractivity contribution in [2.45, 2.75) is 45.4 Å². The lowest BCUT2D eigenvalue weighted by Crippen LogP contribution is -2.31. The van der Waals surface area contributed by atoms with E-state index >= 15 is 0 Å². The van der Waals surface area contributed by atoms with Gasteiger partial charge in [0.2, 0.25) is 0 Å². The van der Waals surface area contributed by atoms with Crippen molar-refractivity contribution in [1.82, 2.24) is 0 Å². The van der Waals surface area contributed by atoms with Crippen LogP contribution in [-0.4, -0.2) is 22.8 Å². The van der Waals surface area contributed by atoms with Gasteiger partial charge in [0, 0.05) is 0 Å². The van der Waals surface area contributed by atoms with E-state index in [9.17, 15) is 4.79 Å². The molecule has 0 aromatic heterocycles. The molecular weight excluding hydrogens is 240 g/mol. The molecule has 1 aromatic carbocycles. The molecule has 0 spiro atoms. The van der Waals surface area contributed by atoms with Gasteiger partial charge in [-0.2, -0.15) is 0 Å². The number of aryl methyl sites for hydroxylation is 1. The number of benzene rings is 1. The third-order valence-electron chi connectivity index (χ3n) is 3.65. The Morgan fingerprint density at radius 2 is 1.74 bits per heavy atom. The highest BCUT2D eigenvalue weighted by Gasteiger charge is 2.31. The van der Waals surface area contributed by atoms with Crippen molar-refractivity contribution in [3.63, 3.8) is 0 Å². The molecule has 3 nitrogen and oxygen atoms in total. The second kappa shape index (κ2) is 7.95. The van der Waals surface area contributed by atoms with Crippen LogP contribution >= 0.6 is 0 Å². The molecule has 0 radical (unpaired) electrons. The molecule has 1 rings (SSSR count). The molecule has 106 valence electrons. The molecule has 0 aliphatic rings. The van der Waals surface area contributed by atoms with Crippen molar-refractivity contribution < 1.29 is 15.0 Å². The average Bonchev–Trinajstić information content (AvgIpc) is 2.43. The molecule has 0 fully saturated rings. The highest BCUT2D eigenvalue weighted by atomic mass is 16.4. The molecule has 0 aliphatic heterocycles. The molecule has 1 atom stereocenters. The summed E-state index contributed by atoms with van der Waals surface area (Å²) in [5.74, 6) is -0.903. The molecule has 0 amide bonds. The molecule has 3 heteroatoms. The van der Waals surface area contributed by atoms with Gasteiger partial charge in [-0.3, -0.25) is 4.79 Å². The van der Waals surface area contributed by atoms with Gasteiger partial charge in [-0.05, 0) is 31.7 Å². The van der Waals surface area contributed by atoms with Crippen molar-refractivity contribution in [2.75, 3.05) is 6.61 Å². The zero-order chi connectivity index (χ0) is 14.1. The molecule has 2 N–H and O–H groups in total. The number of rotatable bonds is 9. The quantitative estimate of drug-likeness (QED) is 0.673. The fourth-order valence-electron chi connectivity index (χ4n) is 2.10. The first-order valence-electron chi connectivity index (χ1n) is 6.97. The summed E-state index contributed by atoms with van der Waals surface area (Å²) in [6.07, 6.45) is 5.75. The molecule has 1 aromatic rings. The Morgan fingerprint density at radius 1 is 1.11 bits per heavy atom. The monoisotopic (exact) mass is 264 g/mol. The van der Waals surface area contributed by atoms with E-state index in [0.29, 0.717) is 6.42 Å². The predicted molar refractivity (Wildman–Crippen MR) is 76.1 cm³/mol. The van der Waals surface area contributed by atoms with Crippen LogP contribution in [0.1, 0.15) is 44.6 Å². The first kappa shape index (κ1) is 15.7. The number of aliphatic hydroxyl groups is 1. The summed E-state index contributed by atoms with van der Waals surface area (Å²) in [7, 11) is 0. The van der Waals surface area contributed by atoms with Gasteiger partial charge in [-0.15, -0.1) is 0 Å². The molecule has 19 heavy (non-hydrogen) atoms. The van der Waals surface area contributed by atoms with Gasteiger partial charge in [-0.1, -0.05) is 49.6 Å². The Balaban J connectivity index is 2.13. The van der Waals surface area contributed by atoms with Gasteiger partial charge >= 0.3 is 5.97 Å². The van der Waals surface area contributed by atoms with Crippen LogP contribution in [-0.2, 0) is 11.2 Å².